The lowest BCUT2D eigenvalue weighted by Gasteiger charge is -2.35. The Morgan fingerprint density at radius 3 is 2.26 bits per heavy atom. The number of benzene rings is 2. The summed E-state index contributed by atoms with van der Waals surface area (Å²) in [5.41, 5.74) is 3.98. The fourth-order valence-corrected chi connectivity index (χ4v) is 3.43. The maximum atomic E-state index is 13.1. The normalized spacial score (nSPS) is 14.4. The Morgan fingerprint density at radius 1 is 0.926 bits per heavy atom. The van der Waals surface area contributed by atoms with Crippen LogP contribution in [0.5, 0.6) is 0 Å². The van der Waals surface area contributed by atoms with Crippen LogP contribution >= 0.6 is 0 Å². The number of oxazole rings is 1. The SMILES string of the molecule is Cc1ccc(N2CCN(C(=O)c3oc(C)nc3-c3ccccc3)CC2)cc1. The van der Waals surface area contributed by atoms with Crippen LogP contribution in [0, 0.1) is 13.8 Å². The maximum absolute atomic E-state index is 13.1. The molecule has 0 saturated carbocycles. The molecule has 0 radical (unpaired) electrons. The number of aromatic nitrogens is 1. The molecule has 0 bridgehead atoms. The van der Waals surface area contributed by atoms with Crippen molar-refractivity contribution < 1.29 is 9.21 Å². The van der Waals surface area contributed by atoms with Gasteiger partial charge in [0.05, 0.1) is 0 Å². The number of aryl methyl sites for hydroxylation is 2. The van der Waals surface area contributed by atoms with E-state index in [0.29, 0.717) is 30.4 Å². The van der Waals surface area contributed by atoms with E-state index in [1.54, 1.807) is 6.92 Å². The Morgan fingerprint density at radius 2 is 1.59 bits per heavy atom. The Hall–Kier alpha value is -3.08. The molecule has 27 heavy (non-hydrogen) atoms. The highest BCUT2D eigenvalue weighted by molar-refractivity contribution is 5.97. The fraction of sp³-hybridized carbons (Fsp3) is 0.273. The van der Waals surface area contributed by atoms with Crippen LogP contribution < -0.4 is 4.90 Å². The van der Waals surface area contributed by atoms with Crippen molar-refractivity contribution in [2.75, 3.05) is 31.1 Å². The van der Waals surface area contributed by atoms with E-state index in [4.69, 9.17) is 4.42 Å². The van der Waals surface area contributed by atoms with Gasteiger partial charge < -0.3 is 14.2 Å². The maximum Gasteiger partial charge on any atom is 0.292 e. The van der Waals surface area contributed by atoms with Gasteiger partial charge in [0.15, 0.2) is 5.89 Å². The van der Waals surface area contributed by atoms with Crippen molar-refractivity contribution in [3.63, 3.8) is 0 Å². The second-order valence-corrected chi connectivity index (χ2v) is 6.89. The molecule has 138 valence electrons. The van der Waals surface area contributed by atoms with Gasteiger partial charge in [0, 0.05) is 44.4 Å². The highest BCUT2D eigenvalue weighted by Gasteiger charge is 2.28. The van der Waals surface area contributed by atoms with Crippen molar-refractivity contribution in [3.05, 3.63) is 71.8 Å². The molecule has 0 unspecified atom stereocenters. The minimum atomic E-state index is -0.0852. The summed E-state index contributed by atoms with van der Waals surface area (Å²) in [7, 11) is 0. The molecular formula is C22H23N3O2. The summed E-state index contributed by atoms with van der Waals surface area (Å²) in [6.07, 6.45) is 0. The van der Waals surface area contributed by atoms with Crippen LogP contribution in [0.1, 0.15) is 22.0 Å². The zero-order chi connectivity index (χ0) is 18.8. The average molecular weight is 361 g/mol. The van der Waals surface area contributed by atoms with Crippen LogP contribution in [-0.2, 0) is 0 Å². The molecule has 0 spiro atoms. The number of anilines is 1. The van der Waals surface area contributed by atoms with Gasteiger partial charge in [-0.3, -0.25) is 4.79 Å². The number of carbonyl (C=O) groups excluding carboxylic acids is 1. The minimum Gasteiger partial charge on any atom is -0.435 e. The molecule has 1 fully saturated rings. The number of piperazine rings is 1. The number of hydrogen-bond donors (Lipinski definition) is 0. The zero-order valence-corrected chi connectivity index (χ0v) is 15.7. The van der Waals surface area contributed by atoms with E-state index < -0.39 is 0 Å². The second kappa shape index (κ2) is 7.27. The van der Waals surface area contributed by atoms with Crippen molar-refractivity contribution >= 4 is 11.6 Å². The average Bonchev–Trinajstić information content (AvgIpc) is 3.10. The van der Waals surface area contributed by atoms with Gasteiger partial charge in [0.1, 0.15) is 5.69 Å². The Bertz CT molecular complexity index is 924. The summed E-state index contributed by atoms with van der Waals surface area (Å²) in [6.45, 7) is 6.81. The van der Waals surface area contributed by atoms with Gasteiger partial charge in [-0.15, -0.1) is 0 Å². The highest BCUT2D eigenvalue weighted by Crippen LogP contribution is 2.26. The van der Waals surface area contributed by atoms with Gasteiger partial charge in [-0.25, -0.2) is 4.98 Å². The Balaban J connectivity index is 1.50. The predicted octanol–water partition coefficient (Wildman–Crippen LogP) is 3.92. The van der Waals surface area contributed by atoms with E-state index in [2.05, 4.69) is 41.1 Å². The first-order valence-corrected chi connectivity index (χ1v) is 9.25. The van der Waals surface area contributed by atoms with Gasteiger partial charge >= 0.3 is 0 Å². The van der Waals surface area contributed by atoms with Crippen LogP contribution in [-0.4, -0.2) is 42.0 Å². The largest absolute Gasteiger partial charge is 0.435 e. The van der Waals surface area contributed by atoms with E-state index in [-0.39, 0.29) is 5.91 Å². The third kappa shape index (κ3) is 3.58. The summed E-state index contributed by atoms with van der Waals surface area (Å²) in [6, 6.07) is 18.2. The first-order chi connectivity index (χ1) is 13.1. The number of carbonyl (C=O) groups is 1. The molecule has 2 aromatic carbocycles. The molecule has 3 aromatic rings. The van der Waals surface area contributed by atoms with Crippen LogP contribution in [0.2, 0.25) is 0 Å². The quantitative estimate of drug-likeness (QED) is 0.709. The summed E-state index contributed by atoms with van der Waals surface area (Å²) < 4.78 is 5.69. The topological polar surface area (TPSA) is 49.6 Å². The van der Waals surface area contributed by atoms with Crippen molar-refractivity contribution in [1.82, 2.24) is 9.88 Å². The van der Waals surface area contributed by atoms with Crippen LogP contribution in [0.25, 0.3) is 11.3 Å². The molecule has 1 aliphatic rings. The Labute approximate surface area is 159 Å². The molecule has 0 atom stereocenters. The summed E-state index contributed by atoms with van der Waals surface area (Å²) >= 11 is 0. The molecule has 5 heteroatoms. The monoisotopic (exact) mass is 361 g/mol. The Kier molecular flexibility index (Phi) is 4.67. The van der Waals surface area contributed by atoms with E-state index >= 15 is 0 Å². The molecule has 0 N–H and O–H groups in total. The smallest absolute Gasteiger partial charge is 0.292 e. The summed E-state index contributed by atoms with van der Waals surface area (Å²) in [5.74, 6) is 0.760. The predicted molar refractivity (Wildman–Crippen MR) is 106 cm³/mol. The van der Waals surface area contributed by atoms with Gasteiger partial charge in [0.25, 0.3) is 5.91 Å². The lowest BCUT2D eigenvalue weighted by Crippen LogP contribution is -2.48. The molecule has 0 aliphatic carbocycles. The van der Waals surface area contributed by atoms with Crippen LogP contribution in [0.4, 0.5) is 5.69 Å². The van der Waals surface area contributed by atoms with Crippen molar-refractivity contribution in [1.29, 1.82) is 0 Å². The standard InChI is InChI=1S/C22H23N3O2/c1-16-8-10-19(11-9-16)24-12-14-25(15-13-24)22(26)21-20(23-17(2)27-21)18-6-4-3-5-7-18/h3-11H,12-15H2,1-2H3. The number of rotatable bonds is 3. The molecule has 1 amide bonds. The second-order valence-electron chi connectivity index (χ2n) is 6.89. The molecule has 4 rings (SSSR count). The van der Waals surface area contributed by atoms with Gasteiger partial charge in [-0.05, 0) is 19.1 Å². The summed E-state index contributed by atoms with van der Waals surface area (Å²) in [5, 5.41) is 0. The lowest BCUT2D eigenvalue weighted by atomic mass is 10.1. The molecule has 1 aliphatic heterocycles. The lowest BCUT2D eigenvalue weighted by molar-refractivity contribution is 0.0714. The first-order valence-electron chi connectivity index (χ1n) is 9.25. The molecular weight excluding hydrogens is 338 g/mol. The van der Waals surface area contributed by atoms with Crippen molar-refractivity contribution in [2.24, 2.45) is 0 Å². The zero-order valence-electron chi connectivity index (χ0n) is 15.7. The van der Waals surface area contributed by atoms with Gasteiger partial charge in [-0.2, -0.15) is 0 Å². The first kappa shape index (κ1) is 17.3. The third-order valence-corrected chi connectivity index (χ3v) is 4.94. The molecule has 1 aromatic heterocycles. The van der Waals surface area contributed by atoms with Crippen molar-refractivity contribution in [3.8, 4) is 11.3 Å². The third-order valence-electron chi connectivity index (χ3n) is 4.94. The molecule has 2 heterocycles. The van der Waals surface area contributed by atoms with Crippen molar-refractivity contribution in [2.45, 2.75) is 13.8 Å². The minimum absolute atomic E-state index is 0.0852. The highest BCUT2D eigenvalue weighted by atomic mass is 16.4. The van der Waals surface area contributed by atoms with E-state index in [1.165, 1.54) is 11.3 Å². The fourth-order valence-electron chi connectivity index (χ4n) is 3.43. The van der Waals surface area contributed by atoms with Crippen LogP contribution in [0.15, 0.2) is 59.0 Å². The number of amides is 1. The molecule has 1 saturated heterocycles. The van der Waals surface area contributed by atoms with Crippen LogP contribution in [0.3, 0.4) is 0 Å². The number of hydrogen-bond acceptors (Lipinski definition) is 4. The summed E-state index contributed by atoms with van der Waals surface area (Å²) in [4.78, 5) is 21.7. The van der Waals surface area contributed by atoms with Gasteiger partial charge in [-0.1, -0.05) is 48.0 Å². The van der Waals surface area contributed by atoms with E-state index in [9.17, 15) is 4.79 Å². The van der Waals surface area contributed by atoms with E-state index in [0.717, 1.165) is 18.7 Å². The number of nitrogens with zero attached hydrogens (tertiary/aromatic N) is 3. The van der Waals surface area contributed by atoms with E-state index in [1.807, 2.05) is 35.2 Å². The molecule has 5 nitrogen and oxygen atoms in total. The van der Waals surface area contributed by atoms with Gasteiger partial charge in [0.2, 0.25) is 5.76 Å².